The van der Waals surface area contributed by atoms with Gasteiger partial charge in [-0.1, -0.05) is 11.2 Å². The minimum Gasteiger partial charge on any atom is -0.449 e. The Morgan fingerprint density at radius 1 is 1.26 bits per heavy atom. The van der Waals surface area contributed by atoms with Crippen LogP contribution in [0.4, 0.5) is 0 Å². The lowest BCUT2D eigenvalue weighted by Crippen LogP contribution is -2.12. The Kier molecular flexibility index (Phi) is 5.04. The van der Waals surface area contributed by atoms with E-state index in [1.165, 1.54) is 12.1 Å². The summed E-state index contributed by atoms with van der Waals surface area (Å²) in [4.78, 5) is 20.7. The minimum absolute atomic E-state index is 0.0457. The number of benzene rings is 1. The molecule has 0 bridgehead atoms. The fourth-order valence-electron chi connectivity index (χ4n) is 2.34. The number of hydrogen-bond acceptors (Lipinski definition) is 8. The molecule has 8 nitrogen and oxygen atoms in total. The Morgan fingerprint density at radius 2 is 2.04 bits per heavy atom. The van der Waals surface area contributed by atoms with Gasteiger partial charge in [-0.3, -0.25) is 4.98 Å². The van der Waals surface area contributed by atoms with Gasteiger partial charge >= 0.3 is 5.97 Å². The van der Waals surface area contributed by atoms with Crippen molar-refractivity contribution < 1.29 is 22.5 Å². The smallest absolute Gasteiger partial charge is 0.339 e. The molecule has 0 N–H and O–H groups in total. The molecule has 0 fully saturated rings. The highest BCUT2D eigenvalue weighted by atomic mass is 32.2. The summed E-state index contributed by atoms with van der Waals surface area (Å²) < 4.78 is 34.0. The molecule has 3 aromatic rings. The molecular formula is C18H17N3O5S. The first-order valence-electron chi connectivity index (χ1n) is 8.01. The molecule has 0 spiro atoms. The molecule has 1 unspecified atom stereocenters. The molecule has 1 atom stereocenters. The number of esters is 1. The highest BCUT2D eigenvalue weighted by Gasteiger charge is 2.22. The van der Waals surface area contributed by atoms with Gasteiger partial charge in [0, 0.05) is 24.2 Å². The Morgan fingerprint density at radius 3 is 2.70 bits per heavy atom. The van der Waals surface area contributed by atoms with Crippen LogP contribution in [-0.4, -0.2) is 35.8 Å². The van der Waals surface area contributed by atoms with Gasteiger partial charge < -0.3 is 9.26 Å². The molecule has 0 aliphatic carbocycles. The molecular weight excluding hydrogens is 370 g/mol. The lowest BCUT2D eigenvalue weighted by molar-refractivity contribution is 0.0264. The zero-order valence-corrected chi connectivity index (χ0v) is 15.7. The second-order valence-corrected chi connectivity index (χ2v) is 8.01. The van der Waals surface area contributed by atoms with Gasteiger partial charge in [0.1, 0.15) is 0 Å². The van der Waals surface area contributed by atoms with E-state index in [0.717, 1.165) is 6.26 Å². The first-order valence-corrected chi connectivity index (χ1v) is 9.90. The Hall–Kier alpha value is -3.07. The maximum Gasteiger partial charge on any atom is 0.339 e. The van der Waals surface area contributed by atoms with Crippen molar-refractivity contribution in [3.63, 3.8) is 0 Å². The number of ether oxygens (including phenoxy) is 1. The van der Waals surface area contributed by atoms with E-state index in [4.69, 9.17) is 9.26 Å². The van der Waals surface area contributed by atoms with Crippen LogP contribution in [0, 0.1) is 6.92 Å². The fourth-order valence-corrected chi connectivity index (χ4v) is 2.99. The standard InChI is InChI=1S/C18H17N3O5S/c1-11-6-7-14(27(3,23)24)9-15(11)18(22)25-12(2)17-20-16(21-26-17)13-5-4-8-19-10-13/h4-10,12H,1-3H3. The lowest BCUT2D eigenvalue weighted by atomic mass is 10.1. The summed E-state index contributed by atoms with van der Waals surface area (Å²) in [5, 5.41) is 3.85. The van der Waals surface area contributed by atoms with Crippen LogP contribution in [0.3, 0.4) is 0 Å². The Labute approximate surface area is 156 Å². The first-order chi connectivity index (χ1) is 12.8. The third-order valence-electron chi connectivity index (χ3n) is 3.85. The van der Waals surface area contributed by atoms with Crippen molar-refractivity contribution in [3.05, 3.63) is 59.7 Å². The largest absolute Gasteiger partial charge is 0.449 e. The summed E-state index contributed by atoms with van der Waals surface area (Å²) in [5.74, 6) is -0.220. The molecule has 27 heavy (non-hydrogen) atoms. The van der Waals surface area contributed by atoms with Gasteiger partial charge in [0.2, 0.25) is 5.82 Å². The molecule has 0 saturated heterocycles. The number of hydrogen-bond donors (Lipinski definition) is 0. The van der Waals surface area contributed by atoms with Gasteiger partial charge in [0.25, 0.3) is 5.89 Å². The van der Waals surface area contributed by atoms with Gasteiger partial charge in [0.05, 0.1) is 10.5 Å². The average molecular weight is 387 g/mol. The van der Waals surface area contributed by atoms with Crippen molar-refractivity contribution in [2.75, 3.05) is 6.26 Å². The molecule has 0 aliphatic heterocycles. The quantitative estimate of drug-likeness (QED) is 0.614. The Balaban J connectivity index is 1.80. The zero-order valence-electron chi connectivity index (χ0n) is 14.9. The van der Waals surface area contributed by atoms with Crippen LogP contribution in [0.1, 0.15) is 34.8 Å². The van der Waals surface area contributed by atoms with Crippen molar-refractivity contribution in [2.45, 2.75) is 24.8 Å². The highest BCUT2D eigenvalue weighted by Crippen LogP contribution is 2.23. The topological polar surface area (TPSA) is 112 Å². The van der Waals surface area contributed by atoms with Gasteiger partial charge in [-0.15, -0.1) is 0 Å². The Bertz CT molecular complexity index is 1080. The number of aryl methyl sites for hydroxylation is 1. The van der Waals surface area contributed by atoms with E-state index in [1.54, 1.807) is 44.4 Å². The number of pyridine rings is 1. The van der Waals surface area contributed by atoms with Gasteiger partial charge in [-0.25, -0.2) is 13.2 Å². The summed E-state index contributed by atoms with van der Waals surface area (Å²) in [6, 6.07) is 7.83. The van der Waals surface area contributed by atoms with E-state index >= 15 is 0 Å². The van der Waals surface area contributed by atoms with E-state index < -0.39 is 21.9 Å². The number of aromatic nitrogens is 3. The summed E-state index contributed by atoms with van der Waals surface area (Å²) in [7, 11) is -3.44. The summed E-state index contributed by atoms with van der Waals surface area (Å²) in [6.07, 6.45) is 3.48. The van der Waals surface area contributed by atoms with Gasteiger partial charge in [-0.2, -0.15) is 4.98 Å². The second kappa shape index (κ2) is 7.28. The van der Waals surface area contributed by atoms with Crippen molar-refractivity contribution in [2.24, 2.45) is 0 Å². The van der Waals surface area contributed by atoms with Gasteiger partial charge in [0.15, 0.2) is 15.9 Å². The van der Waals surface area contributed by atoms with Crippen molar-refractivity contribution in [1.29, 1.82) is 0 Å². The van der Waals surface area contributed by atoms with E-state index in [1.807, 2.05) is 0 Å². The molecule has 1 aromatic carbocycles. The maximum atomic E-state index is 12.5. The number of nitrogens with zero attached hydrogens (tertiary/aromatic N) is 3. The van der Waals surface area contributed by atoms with Crippen LogP contribution in [0.2, 0.25) is 0 Å². The number of sulfone groups is 1. The van der Waals surface area contributed by atoms with Crippen LogP contribution in [0.15, 0.2) is 52.1 Å². The van der Waals surface area contributed by atoms with Crippen LogP contribution in [0.5, 0.6) is 0 Å². The predicted octanol–water partition coefficient (Wildman–Crippen LogP) is 2.76. The molecule has 0 radical (unpaired) electrons. The van der Waals surface area contributed by atoms with E-state index in [9.17, 15) is 13.2 Å². The maximum absolute atomic E-state index is 12.5. The molecule has 0 saturated carbocycles. The minimum atomic E-state index is -3.44. The fraction of sp³-hybridized carbons (Fsp3) is 0.222. The highest BCUT2D eigenvalue weighted by molar-refractivity contribution is 7.90. The zero-order chi connectivity index (χ0) is 19.6. The molecule has 2 heterocycles. The van der Waals surface area contributed by atoms with E-state index in [0.29, 0.717) is 17.0 Å². The summed E-state index contributed by atoms with van der Waals surface area (Å²) in [5.41, 5.74) is 1.43. The number of rotatable bonds is 5. The van der Waals surface area contributed by atoms with E-state index in [-0.39, 0.29) is 16.3 Å². The molecule has 140 valence electrons. The number of carbonyl (C=O) groups excluding carboxylic acids is 1. The summed E-state index contributed by atoms with van der Waals surface area (Å²) >= 11 is 0. The second-order valence-electron chi connectivity index (χ2n) is 5.99. The monoisotopic (exact) mass is 387 g/mol. The third kappa shape index (κ3) is 4.20. The normalized spacial score (nSPS) is 12.6. The van der Waals surface area contributed by atoms with Gasteiger partial charge in [-0.05, 0) is 43.7 Å². The third-order valence-corrected chi connectivity index (χ3v) is 4.96. The van der Waals surface area contributed by atoms with E-state index in [2.05, 4.69) is 15.1 Å². The molecule has 9 heteroatoms. The average Bonchev–Trinajstić information content (AvgIpc) is 3.12. The predicted molar refractivity (Wildman–Crippen MR) is 95.6 cm³/mol. The van der Waals surface area contributed by atoms with Crippen molar-refractivity contribution in [3.8, 4) is 11.4 Å². The van der Waals surface area contributed by atoms with Crippen molar-refractivity contribution >= 4 is 15.8 Å². The van der Waals surface area contributed by atoms with Crippen molar-refractivity contribution in [1.82, 2.24) is 15.1 Å². The van der Waals surface area contributed by atoms with Crippen LogP contribution < -0.4 is 0 Å². The molecule has 2 aromatic heterocycles. The summed E-state index contributed by atoms with van der Waals surface area (Å²) in [6.45, 7) is 3.29. The SMILES string of the molecule is Cc1ccc(S(C)(=O)=O)cc1C(=O)OC(C)c1nc(-c2cccnc2)no1. The first kappa shape index (κ1) is 18.7. The van der Waals surface area contributed by atoms with Crippen LogP contribution in [0.25, 0.3) is 11.4 Å². The lowest BCUT2D eigenvalue weighted by Gasteiger charge is -2.11. The van der Waals surface area contributed by atoms with Crippen LogP contribution in [-0.2, 0) is 14.6 Å². The molecule has 0 aliphatic rings. The molecule has 0 amide bonds. The van der Waals surface area contributed by atoms with Crippen LogP contribution >= 0.6 is 0 Å². The number of carbonyl (C=O) groups is 1. The molecule has 3 rings (SSSR count).